The van der Waals surface area contributed by atoms with Crippen molar-refractivity contribution < 1.29 is 4.79 Å². The van der Waals surface area contributed by atoms with Crippen LogP contribution in [0.5, 0.6) is 0 Å². The number of hydrogen-bond acceptors (Lipinski definition) is 4. The van der Waals surface area contributed by atoms with E-state index in [0.717, 1.165) is 0 Å². The Morgan fingerprint density at radius 3 is 2.83 bits per heavy atom. The van der Waals surface area contributed by atoms with E-state index in [1.807, 2.05) is 0 Å². The summed E-state index contributed by atoms with van der Waals surface area (Å²) >= 11 is 0. The summed E-state index contributed by atoms with van der Waals surface area (Å²) in [5.41, 5.74) is 0.914. The van der Waals surface area contributed by atoms with Gasteiger partial charge < -0.3 is 0 Å². The molecule has 4 nitrogen and oxygen atoms in total. The number of nitrogens with one attached hydrogen (secondary N) is 1. The summed E-state index contributed by atoms with van der Waals surface area (Å²) in [7, 11) is 0. The lowest BCUT2D eigenvalue weighted by Gasteiger charge is -1.98. The lowest BCUT2D eigenvalue weighted by atomic mass is 10.3. The number of nitriles is 1. The molecule has 0 unspecified atom stereocenters. The number of aliphatic imine (C=N–C) groups is 1. The second-order valence-electron chi connectivity index (χ2n) is 1.96. The van der Waals surface area contributed by atoms with Crippen molar-refractivity contribution in [3.05, 3.63) is 24.3 Å². The maximum atomic E-state index is 9.93. The van der Waals surface area contributed by atoms with E-state index in [0.29, 0.717) is 11.4 Å². The Morgan fingerprint density at radius 1 is 1.42 bits per heavy atom. The first kappa shape index (κ1) is 7.99. The lowest BCUT2D eigenvalue weighted by Crippen LogP contribution is -1.86. The van der Waals surface area contributed by atoms with Crippen molar-refractivity contribution in [2.24, 2.45) is 4.99 Å². The van der Waals surface area contributed by atoms with Crippen LogP contribution in [0, 0.1) is 11.5 Å². The van der Waals surface area contributed by atoms with Gasteiger partial charge in [-0.3, -0.25) is 5.32 Å². The third-order valence-corrected chi connectivity index (χ3v) is 1.26. The molecule has 1 rings (SSSR count). The topological polar surface area (TPSA) is 65.2 Å². The number of nitrogens with zero attached hydrogens (tertiary/aromatic N) is 2. The number of anilines is 1. The van der Waals surface area contributed by atoms with E-state index in [4.69, 9.17) is 5.26 Å². The molecule has 0 radical (unpaired) electrons. The smallest absolute Gasteiger partial charge is 0.240 e. The number of benzene rings is 1. The number of isocyanates is 1. The van der Waals surface area contributed by atoms with Crippen molar-refractivity contribution >= 4 is 17.5 Å². The summed E-state index contributed by atoms with van der Waals surface area (Å²) in [5.74, 6) is 0. The van der Waals surface area contributed by atoms with Gasteiger partial charge in [0.15, 0.2) is 6.19 Å². The van der Waals surface area contributed by atoms with Gasteiger partial charge in [-0.25, -0.2) is 4.79 Å². The molecule has 58 valence electrons. The Hall–Kier alpha value is -2.11. The number of hydrogen-bond donors (Lipinski definition) is 1. The van der Waals surface area contributed by atoms with E-state index in [1.165, 1.54) is 6.08 Å². The van der Waals surface area contributed by atoms with Crippen LogP contribution in [0.4, 0.5) is 11.4 Å². The summed E-state index contributed by atoms with van der Waals surface area (Å²) in [5, 5.41) is 10.7. The molecule has 0 fully saturated rings. The minimum Gasteiger partial charge on any atom is -0.291 e. The monoisotopic (exact) mass is 159 g/mol. The number of para-hydroxylation sites is 2. The molecular formula is C8H5N3O. The first-order valence-electron chi connectivity index (χ1n) is 3.20. The van der Waals surface area contributed by atoms with Crippen LogP contribution in [-0.2, 0) is 4.79 Å². The lowest BCUT2D eigenvalue weighted by molar-refractivity contribution is 0.565. The van der Waals surface area contributed by atoms with Gasteiger partial charge in [-0.05, 0) is 12.1 Å². The summed E-state index contributed by atoms with van der Waals surface area (Å²) in [6, 6.07) is 6.73. The van der Waals surface area contributed by atoms with Crippen LogP contribution >= 0.6 is 0 Å². The molecule has 0 atom stereocenters. The SMILES string of the molecule is N#CNc1ccccc1N=C=O. The fraction of sp³-hybridized carbons (Fsp3) is 0. The van der Waals surface area contributed by atoms with Gasteiger partial charge in [0.2, 0.25) is 6.08 Å². The van der Waals surface area contributed by atoms with Crippen LogP contribution in [0.25, 0.3) is 0 Å². The van der Waals surface area contributed by atoms with Crippen LogP contribution in [0.3, 0.4) is 0 Å². The van der Waals surface area contributed by atoms with Crippen LogP contribution in [0.1, 0.15) is 0 Å². The highest BCUT2D eigenvalue weighted by atomic mass is 16.1. The molecule has 1 aromatic carbocycles. The van der Waals surface area contributed by atoms with Crippen LogP contribution < -0.4 is 5.32 Å². The molecule has 0 heterocycles. The highest BCUT2D eigenvalue weighted by Gasteiger charge is 1.96. The Bertz CT molecular complexity index is 361. The predicted octanol–water partition coefficient (Wildman–Crippen LogP) is 1.55. The van der Waals surface area contributed by atoms with Crippen LogP contribution in [-0.4, -0.2) is 6.08 Å². The zero-order valence-electron chi connectivity index (χ0n) is 6.11. The normalized spacial score (nSPS) is 7.92. The molecule has 0 spiro atoms. The number of carbonyl (C=O) groups excluding carboxylic acids is 1. The van der Waals surface area contributed by atoms with E-state index in [-0.39, 0.29) is 0 Å². The van der Waals surface area contributed by atoms with Crippen molar-refractivity contribution in [1.82, 2.24) is 0 Å². The molecule has 0 saturated heterocycles. The highest BCUT2D eigenvalue weighted by molar-refractivity contribution is 5.69. The Labute approximate surface area is 69.2 Å². The average Bonchev–Trinajstić information content (AvgIpc) is 2.09. The van der Waals surface area contributed by atoms with Gasteiger partial charge in [0.1, 0.15) is 5.69 Å². The molecule has 1 N–H and O–H groups in total. The third kappa shape index (κ3) is 1.69. The Morgan fingerprint density at radius 2 is 2.17 bits per heavy atom. The van der Waals surface area contributed by atoms with Crippen molar-refractivity contribution in [3.8, 4) is 6.19 Å². The maximum Gasteiger partial charge on any atom is 0.240 e. The van der Waals surface area contributed by atoms with Crippen LogP contribution in [0.15, 0.2) is 29.3 Å². The fourth-order valence-corrected chi connectivity index (χ4v) is 0.786. The zero-order chi connectivity index (χ0) is 8.81. The van der Waals surface area contributed by atoms with Gasteiger partial charge in [0, 0.05) is 0 Å². The van der Waals surface area contributed by atoms with E-state index < -0.39 is 0 Å². The molecule has 0 saturated carbocycles. The summed E-state index contributed by atoms with van der Waals surface area (Å²) in [6.07, 6.45) is 3.15. The van der Waals surface area contributed by atoms with Crippen molar-refractivity contribution in [2.75, 3.05) is 5.32 Å². The molecule has 0 aromatic heterocycles. The Balaban J connectivity index is 3.09. The first-order chi connectivity index (χ1) is 5.88. The molecule has 0 aliphatic heterocycles. The summed E-state index contributed by atoms with van der Waals surface area (Å²) < 4.78 is 0. The summed E-state index contributed by atoms with van der Waals surface area (Å²) in [6.45, 7) is 0. The van der Waals surface area contributed by atoms with Gasteiger partial charge in [-0.15, -0.1) is 0 Å². The molecule has 0 aliphatic rings. The second-order valence-corrected chi connectivity index (χ2v) is 1.96. The van der Waals surface area contributed by atoms with E-state index in [9.17, 15) is 4.79 Å². The van der Waals surface area contributed by atoms with Crippen molar-refractivity contribution in [1.29, 1.82) is 5.26 Å². The molecule has 12 heavy (non-hydrogen) atoms. The van der Waals surface area contributed by atoms with Gasteiger partial charge in [-0.2, -0.15) is 10.3 Å². The minimum absolute atomic E-state index is 0.411. The van der Waals surface area contributed by atoms with E-state index in [2.05, 4.69) is 10.3 Å². The summed E-state index contributed by atoms with van der Waals surface area (Å²) in [4.78, 5) is 13.3. The average molecular weight is 159 g/mol. The second kappa shape index (κ2) is 3.91. The zero-order valence-corrected chi connectivity index (χ0v) is 6.11. The van der Waals surface area contributed by atoms with Gasteiger partial charge >= 0.3 is 0 Å². The van der Waals surface area contributed by atoms with Gasteiger partial charge in [0.05, 0.1) is 5.69 Å². The molecule has 1 aromatic rings. The molecule has 0 aliphatic carbocycles. The first-order valence-corrected chi connectivity index (χ1v) is 3.20. The maximum absolute atomic E-state index is 9.93. The molecule has 4 heteroatoms. The van der Waals surface area contributed by atoms with E-state index >= 15 is 0 Å². The van der Waals surface area contributed by atoms with Gasteiger partial charge in [-0.1, -0.05) is 12.1 Å². The molecule has 0 amide bonds. The largest absolute Gasteiger partial charge is 0.291 e. The quantitative estimate of drug-likeness (QED) is 0.308. The molecule has 0 bridgehead atoms. The highest BCUT2D eigenvalue weighted by Crippen LogP contribution is 2.22. The Kier molecular flexibility index (Phi) is 2.61. The molecular weight excluding hydrogens is 154 g/mol. The minimum atomic E-state index is 0.411. The van der Waals surface area contributed by atoms with Gasteiger partial charge in [0.25, 0.3) is 0 Å². The number of rotatable bonds is 2. The fourth-order valence-electron chi connectivity index (χ4n) is 0.786. The van der Waals surface area contributed by atoms with Crippen LogP contribution in [0.2, 0.25) is 0 Å². The third-order valence-electron chi connectivity index (χ3n) is 1.26. The van der Waals surface area contributed by atoms with Crippen molar-refractivity contribution in [2.45, 2.75) is 0 Å². The van der Waals surface area contributed by atoms with Crippen molar-refractivity contribution in [3.63, 3.8) is 0 Å². The van der Waals surface area contributed by atoms with E-state index in [1.54, 1.807) is 30.5 Å². The predicted molar refractivity (Wildman–Crippen MR) is 43.5 cm³/mol. The standard InChI is InChI=1S/C8H5N3O/c9-5-10-7-3-1-2-4-8(7)11-6-12/h1-4,10H.